The molecule has 2 heteroatoms. The molecule has 3 rings (SSSR count). The van der Waals surface area contributed by atoms with Crippen LogP contribution in [0.25, 0.3) is 0 Å². The lowest BCUT2D eigenvalue weighted by Crippen LogP contribution is -2.18. The van der Waals surface area contributed by atoms with E-state index in [0.717, 1.165) is 0 Å². The summed E-state index contributed by atoms with van der Waals surface area (Å²) in [6.45, 7) is 0. The number of rotatable bonds is 0. The van der Waals surface area contributed by atoms with Gasteiger partial charge < -0.3 is 0 Å². The Morgan fingerprint density at radius 1 is 0.900 bits per heavy atom. The third-order valence-electron chi connectivity index (χ3n) is 2.77. The van der Waals surface area contributed by atoms with Gasteiger partial charge in [0.2, 0.25) is 0 Å². The van der Waals surface area contributed by atoms with Crippen LogP contribution in [0, 0.1) is 0 Å². The Balaban J connectivity index is 2.12. The maximum atomic E-state index is 4.60. The van der Waals surface area contributed by atoms with Crippen molar-refractivity contribution in [1.82, 2.24) is 0 Å². The molecule has 0 saturated carbocycles. The summed E-state index contributed by atoms with van der Waals surface area (Å²) < 4.78 is 0. The van der Waals surface area contributed by atoms with Gasteiger partial charge in [-0.2, -0.15) is 0 Å². The molecule has 3 aliphatic heterocycles. The number of nitrogens with zero attached hydrogens (tertiary/aromatic N) is 2. The Kier molecular flexibility index (Phi) is 0.755. The van der Waals surface area contributed by atoms with Gasteiger partial charge in [0.1, 0.15) is 0 Å². The van der Waals surface area contributed by atoms with Gasteiger partial charge in [0.05, 0.1) is 23.5 Å². The summed E-state index contributed by atoms with van der Waals surface area (Å²) in [5, 5.41) is 0. The molecule has 0 amide bonds. The molecule has 0 saturated heterocycles. The normalized spacial score (nSPS) is 41.6. The van der Waals surface area contributed by atoms with Gasteiger partial charge in [-0.1, -0.05) is 0 Å². The average molecular weight is 134 g/mol. The van der Waals surface area contributed by atoms with Crippen LogP contribution in [-0.2, 0) is 0 Å². The monoisotopic (exact) mass is 134 g/mol. The summed E-state index contributed by atoms with van der Waals surface area (Å²) in [7, 11) is 0. The first kappa shape index (κ1) is 5.05. The zero-order chi connectivity index (χ0) is 6.55. The molecule has 0 aromatic heterocycles. The molecule has 2 atom stereocenters. The van der Waals surface area contributed by atoms with E-state index < -0.39 is 0 Å². The molecule has 0 aliphatic carbocycles. The summed E-state index contributed by atoms with van der Waals surface area (Å²) in [6, 6.07) is 1.17. The highest BCUT2D eigenvalue weighted by Crippen LogP contribution is 2.32. The molecular weight excluding hydrogens is 124 g/mol. The van der Waals surface area contributed by atoms with Crippen molar-refractivity contribution >= 4 is 11.4 Å². The highest BCUT2D eigenvalue weighted by Gasteiger charge is 2.36. The van der Waals surface area contributed by atoms with Crippen LogP contribution >= 0.6 is 0 Å². The number of hydrogen-bond acceptors (Lipinski definition) is 2. The molecule has 0 aromatic rings. The van der Waals surface area contributed by atoms with Crippen LogP contribution in [0.4, 0.5) is 0 Å². The minimum Gasteiger partial charge on any atom is -0.282 e. The average Bonchev–Trinajstić information content (AvgIpc) is 2.41. The van der Waals surface area contributed by atoms with Crippen molar-refractivity contribution in [2.24, 2.45) is 9.98 Å². The predicted molar refractivity (Wildman–Crippen MR) is 40.9 cm³/mol. The van der Waals surface area contributed by atoms with Gasteiger partial charge in [0.15, 0.2) is 0 Å². The molecule has 0 fully saturated rings. The first-order valence-electron chi connectivity index (χ1n) is 4.07. The molecule has 2 nitrogen and oxygen atoms in total. The van der Waals surface area contributed by atoms with Crippen molar-refractivity contribution in [1.29, 1.82) is 0 Å². The minimum absolute atomic E-state index is 0.584. The van der Waals surface area contributed by atoms with E-state index in [1.165, 1.54) is 37.1 Å². The van der Waals surface area contributed by atoms with Gasteiger partial charge in [-0.25, -0.2) is 0 Å². The lowest BCUT2D eigenvalue weighted by molar-refractivity contribution is 0.527. The molecule has 0 aromatic carbocycles. The van der Waals surface area contributed by atoms with Gasteiger partial charge in [-0.3, -0.25) is 9.98 Å². The van der Waals surface area contributed by atoms with Crippen LogP contribution < -0.4 is 0 Å². The Morgan fingerprint density at radius 2 is 1.40 bits per heavy atom. The summed E-state index contributed by atoms with van der Waals surface area (Å²) in [6.07, 6.45) is 4.96. The second-order valence-electron chi connectivity index (χ2n) is 3.36. The van der Waals surface area contributed by atoms with Gasteiger partial charge in [0, 0.05) is 0 Å². The highest BCUT2D eigenvalue weighted by atomic mass is 15.0. The van der Waals surface area contributed by atoms with Crippen molar-refractivity contribution in [3.05, 3.63) is 0 Å². The van der Waals surface area contributed by atoms with Crippen molar-refractivity contribution < 1.29 is 0 Å². The second-order valence-corrected chi connectivity index (χ2v) is 3.36. The van der Waals surface area contributed by atoms with Gasteiger partial charge in [-0.15, -0.1) is 0 Å². The molecular formula is C8H10N2. The van der Waals surface area contributed by atoms with Gasteiger partial charge >= 0.3 is 0 Å². The smallest absolute Gasteiger partial charge is 0.0730 e. The second kappa shape index (κ2) is 1.49. The first-order chi connectivity index (χ1) is 4.93. The lowest BCUT2D eigenvalue weighted by atomic mass is 10.0. The van der Waals surface area contributed by atoms with Crippen LogP contribution in [0.2, 0.25) is 0 Å². The SMILES string of the molecule is C1CC2N=C1C1=NC2CC1. The fraction of sp³-hybridized carbons (Fsp3) is 0.750. The number of fused-ring (bicyclic) bond motifs is 4. The Labute approximate surface area is 60.1 Å². The number of aliphatic imine (C=N–C) groups is 2. The lowest BCUT2D eigenvalue weighted by Gasteiger charge is -2.12. The molecule has 0 radical (unpaired) electrons. The Bertz CT molecular complexity index is 214. The van der Waals surface area contributed by atoms with E-state index in [9.17, 15) is 0 Å². The highest BCUT2D eigenvalue weighted by molar-refractivity contribution is 6.43. The third kappa shape index (κ3) is 0.459. The fourth-order valence-electron chi connectivity index (χ4n) is 2.22. The third-order valence-corrected chi connectivity index (χ3v) is 2.77. The summed E-state index contributed by atoms with van der Waals surface area (Å²) in [5.41, 5.74) is 2.66. The van der Waals surface area contributed by atoms with Crippen molar-refractivity contribution in [2.45, 2.75) is 37.8 Å². The van der Waals surface area contributed by atoms with E-state index in [1.807, 2.05) is 0 Å². The van der Waals surface area contributed by atoms with Gasteiger partial charge in [-0.05, 0) is 25.7 Å². The quantitative estimate of drug-likeness (QED) is 0.475. The standard InChI is InChI=1S/C8H10N2/c1-2-6-8-4-3-7(10-8)5(1)9-6/h5,7H,1-4H2. The maximum Gasteiger partial charge on any atom is 0.0730 e. The van der Waals surface area contributed by atoms with Crippen molar-refractivity contribution in [3.63, 3.8) is 0 Å². The molecule has 0 spiro atoms. The zero-order valence-corrected chi connectivity index (χ0v) is 5.88. The van der Waals surface area contributed by atoms with Crippen LogP contribution in [0.5, 0.6) is 0 Å². The molecule has 52 valence electrons. The first-order valence-corrected chi connectivity index (χ1v) is 4.07. The topological polar surface area (TPSA) is 24.7 Å². The summed E-state index contributed by atoms with van der Waals surface area (Å²) in [4.78, 5) is 9.21. The van der Waals surface area contributed by atoms with E-state index in [1.54, 1.807) is 0 Å². The largest absolute Gasteiger partial charge is 0.282 e. The summed E-state index contributed by atoms with van der Waals surface area (Å²) >= 11 is 0. The summed E-state index contributed by atoms with van der Waals surface area (Å²) in [5.74, 6) is 0. The Morgan fingerprint density at radius 3 is 1.90 bits per heavy atom. The van der Waals surface area contributed by atoms with Gasteiger partial charge in [0.25, 0.3) is 0 Å². The molecule has 10 heavy (non-hydrogen) atoms. The Hall–Kier alpha value is -0.660. The van der Waals surface area contributed by atoms with Crippen LogP contribution in [0.1, 0.15) is 25.7 Å². The van der Waals surface area contributed by atoms with Crippen molar-refractivity contribution in [3.8, 4) is 0 Å². The van der Waals surface area contributed by atoms with E-state index in [-0.39, 0.29) is 0 Å². The minimum atomic E-state index is 0.584. The molecule has 2 unspecified atom stereocenters. The molecule has 0 N–H and O–H groups in total. The van der Waals surface area contributed by atoms with Crippen molar-refractivity contribution in [2.75, 3.05) is 0 Å². The maximum absolute atomic E-state index is 4.60. The van der Waals surface area contributed by atoms with Crippen LogP contribution in [-0.4, -0.2) is 23.5 Å². The fourth-order valence-corrected chi connectivity index (χ4v) is 2.22. The van der Waals surface area contributed by atoms with E-state index in [2.05, 4.69) is 9.98 Å². The van der Waals surface area contributed by atoms with Crippen LogP contribution in [0.15, 0.2) is 9.98 Å². The van der Waals surface area contributed by atoms with E-state index in [0.29, 0.717) is 12.1 Å². The predicted octanol–water partition coefficient (Wildman–Crippen LogP) is 1.21. The number of hydrogen-bond donors (Lipinski definition) is 0. The molecule has 4 bridgehead atoms. The van der Waals surface area contributed by atoms with E-state index >= 15 is 0 Å². The molecule has 3 heterocycles. The van der Waals surface area contributed by atoms with E-state index in [4.69, 9.17) is 0 Å². The zero-order valence-electron chi connectivity index (χ0n) is 5.88. The molecule has 3 aliphatic rings. The van der Waals surface area contributed by atoms with Crippen LogP contribution in [0.3, 0.4) is 0 Å².